The fraction of sp³-hybridized carbons (Fsp3) is 0.333. The molecule has 2 aliphatic rings. The predicted octanol–water partition coefficient (Wildman–Crippen LogP) is 2.29. The number of hydrogen-bond donors (Lipinski definition) is 1. The minimum atomic E-state index is -1.14. The summed E-state index contributed by atoms with van der Waals surface area (Å²) in [5, 5.41) is 9.97. The molecule has 0 aromatic heterocycles. The molecule has 0 unspecified atom stereocenters. The van der Waals surface area contributed by atoms with Crippen molar-refractivity contribution in [3.8, 4) is 11.5 Å². The Morgan fingerprint density at radius 1 is 0.852 bits per heavy atom. The largest absolute Gasteiger partial charge is 0.457 e. The molecular weight excluding hydrogens is 344 g/mol. The first-order chi connectivity index (χ1) is 13.0. The zero-order valence-corrected chi connectivity index (χ0v) is 15.0. The molecule has 1 aliphatic carbocycles. The van der Waals surface area contributed by atoms with Gasteiger partial charge in [0.1, 0.15) is 17.1 Å². The molecule has 0 atom stereocenters. The number of carbonyl (C=O) groups excluding carboxylic acids is 2. The van der Waals surface area contributed by atoms with Crippen molar-refractivity contribution in [1.29, 1.82) is 0 Å². The molecule has 1 heterocycles. The molecule has 4 rings (SSSR count). The smallest absolute Gasteiger partial charge is 0.254 e. The topological polar surface area (TPSA) is 70.1 Å². The molecule has 0 radical (unpaired) electrons. The molecule has 0 bridgehead atoms. The van der Waals surface area contributed by atoms with Gasteiger partial charge in [0.25, 0.3) is 11.8 Å². The Morgan fingerprint density at radius 2 is 1.48 bits per heavy atom. The Kier molecular flexibility index (Phi) is 4.58. The van der Waals surface area contributed by atoms with E-state index >= 15 is 0 Å². The Hall–Kier alpha value is -2.86. The zero-order valence-electron chi connectivity index (χ0n) is 15.0. The van der Waals surface area contributed by atoms with Crippen LogP contribution in [0.3, 0.4) is 0 Å². The summed E-state index contributed by atoms with van der Waals surface area (Å²) >= 11 is 0. The summed E-state index contributed by atoms with van der Waals surface area (Å²) in [5.74, 6) is 1.04. The summed E-state index contributed by atoms with van der Waals surface area (Å²) < 4.78 is 5.80. The number of piperazine rings is 1. The van der Waals surface area contributed by atoms with Gasteiger partial charge in [-0.3, -0.25) is 9.59 Å². The van der Waals surface area contributed by atoms with E-state index in [1.807, 2.05) is 36.4 Å². The van der Waals surface area contributed by atoms with Crippen LogP contribution in [0.5, 0.6) is 11.5 Å². The van der Waals surface area contributed by atoms with Crippen LogP contribution >= 0.6 is 0 Å². The van der Waals surface area contributed by atoms with Crippen molar-refractivity contribution in [3.63, 3.8) is 0 Å². The van der Waals surface area contributed by atoms with Gasteiger partial charge in [-0.1, -0.05) is 24.3 Å². The lowest BCUT2D eigenvalue weighted by atomic mass is 10.1. The molecule has 1 saturated carbocycles. The van der Waals surface area contributed by atoms with Crippen molar-refractivity contribution < 1.29 is 19.4 Å². The third kappa shape index (κ3) is 3.80. The summed E-state index contributed by atoms with van der Waals surface area (Å²) in [4.78, 5) is 28.4. The van der Waals surface area contributed by atoms with Gasteiger partial charge < -0.3 is 19.6 Å². The highest BCUT2D eigenvalue weighted by atomic mass is 16.5. The van der Waals surface area contributed by atoms with Crippen molar-refractivity contribution >= 4 is 11.8 Å². The predicted molar refractivity (Wildman–Crippen MR) is 99.6 cm³/mol. The van der Waals surface area contributed by atoms with Gasteiger partial charge in [-0.05, 0) is 43.2 Å². The van der Waals surface area contributed by atoms with Gasteiger partial charge >= 0.3 is 0 Å². The lowest BCUT2D eigenvalue weighted by Gasteiger charge is -2.35. The molecule has 2 aromatic carbocycles. The number of carbonyl (C=O) groups is 2. The van der Waals surface area contributed by atoms with Crippen LogP contribution < -0.4 is 4.74 Å². The van der Waals surface area contributed by atoms with Crippen LogP contribution in [-0.4, -0.2) is 58.5 Å². The molecule has 27 heavy (non-hydrogen) atoms. The van der Waals surface area contributed by atoms with Crippen LogP contribution in [0.4, 0.5) is 0 Å². The second-order valence-corrected chi connectivity index (χ2v) is 7.06. The van der Waals surface area contributed by atoms with Crippen molar-refractivity contribution in [3.05, 3.63) is 60.2 Å². The number of rotatable bonds is 4. The SMILES string of the molecule is O=C(c1cccc(Oc2ccccc2)c1)N1CCN(C(=O)C2(O)CC2)CC1. The highest BCUT2D eigenvalue weighted by molar-refractivity contribution is 5.95. The van der Waals surface area contributed by atoms with Gasteiger partial charge in [-0.15, -0.1) is 0 Å². The molecule has 6 nitrogen and oxygen atoms in total. The van der Waals surface area contributed by atoms with E-state index in [1.54, 1.807) is 28.0 Å². The summed E-state index contributed by atoms with van der Waals surface area (Å²) in [5.41, 5.74) is -0.584. The Morgan fingerprint density at radius 3 is 2.15 bits per heavy atom. The van der Waals surface area contributed by atoms with Crippen LogP contribution in [0.1, 0.15) is 23.2 Å². The quantitative estimate of drug-likeness (QED) is 0.901. The maximum Gasteiger partial charge on any atom is 0.254 e. The van der Waals surface area contributed by atoms with Gasteiger partial charge in [0, 0.05) is 31.7 Å². The van der Waals surface area contributed by atoms with Crippen LogP contribution in [0.25, 0.3) is 0 Å². The number of ether oxygens (including phenoxy) is 1. The molecule has 1 aliphatic heterocycles. The van der Waals surface area contributed by atoms with E-state index in [2.05, 4.69) is 0 Å². The van der Waals surface area contributed by atoms with Crippen LogP contribution in [-0.2, 0) is 4.79 Å². The maximum atomic E-state index is 12.8. The van der Waals surface area contributed by atoms with Crippen molar-refractivity contribution in [2.75, 3.05) is 26.2 Å². The second-order valence-electron chi connectivity index (χ2n) is 7.06. The van der Waals surface area contributed by atoms with Gasteiger partial charge in [0.15, 0.2) is 0 Å². The van der Waals surface area contributed by atoms with Crippen molar-refractivity contribution in [1.82, 2.24) is 9.80 Å². The van der Waals surface area contributed by atoms with E-state index < -0.39 is 5.60 Å². The number of aliphatic hydroxyl groups is 1. The fourth-order valence-electron chi connectivity index (χ4n) is 3.24. The Labute approximate surface area is 158 Å². The van der Waals surface area contributed by atoms with Crippen molar-refractivity contribution in [2.24, 2.45) is 0 Å². The monoisotopic (exact) mass is 366 g/mol. The molecule has 2 fully saturated rings. The third-order valence-electron chi connectivity index (χ3n) is 5.04. The number of benzene rings is 2. The Balaban J connectivity index is 1.38. The zero-order chi connectivity index (χ0) is 18.9. The van der Waals surface area contributed by atoms with E-state index in [0.717, 1.165) is 0 Å². The average molecular weight is 366 g/mol. The molecule has 6 heteroatoms. The molecule has 1 saturated heterocycles. The standard InChI is InChI=1S/C21H22N2O4/c24-19(22-11-13-23(14-12-22)20(25)21(26)9-10-21)16-5-4-8-18(15-16)27-17-6-2-1-3-7-17/h1-8,15,26H,9-14H2. The second kappa shape index (κ2) is 7.04. The summed E-state index contributed by atoms with van der Waals surface area (Å²) in [6.45, 7) is 1.83. The summed E-state index contributed by atoms with van der Waals surface area (Å²) in [6.07, 6.45) is 1.08. The first-order valence-corrected chi connectivity index (χ1v) is 9.19. The summed E-state index contributed by atoms with van der Waals surface area (Å²) in [7, 11) is 0. The molecule has 2 amide bonds. The van der Waals surface area contributed by atoms with Crippen LogP contribution in [0.2, 0.25) is 0 Å². The number of para-hydroxylation sites is 1. The van der Waals surface area contributed by atoms with Gasteiger partial charge in [0.2, 0.25) is 0 Å². The average Bonchev–Trinajstić information content (AvgIpc) is 3.47. The van der Waals surface area contributed by atoms with E-state index in [9.17, 15) is 14.7 Å². The fourth-order valence-corrected chi connectivity index (χ4v) is 3.24. The molecule has 2 aromatic rings. The Bertz CT molecular complexity index is 840. The number of hydrogen-bond acceptors (Lipinski definition) is 4. The van der Waals surface area contributed by atoms with Crippen LogP contribution in [0, 0.1) is 0 Å². The normalized spacial score (nSPS) is 18.1. The molecular formula is C21H22N2O4. The third-order valence-corrected chi connectivity index (χ3v) is 5.04. The van der Waals surface area contributed by atoms with Crippen molar-refractivity contribution in [2.45, 2.75) is 18.4 Å². The minimum absolute atomic E-state index is 0.0780. The lowest BCUT2D eigenvalue weighted by molar-refractivity contribution is -0.143. The lowest BCUT2D eigenvalue weighted by Crippen LogP contribution is -2.53. The molecule has 1 N–H and O–H groups in total. The van der Waals surface area contributed by atoms with Gasteiger partial charge in [0.05, 0.1) is 0 Å². The first kappa shape index (κ1) is 17.5. The van der Waals surface area contributed by atoms with Gasteiger partial charge in [-0.25, -0.2) is 0 Å². The first-order valence-electron chi connectivity index (χ1n) is 9.19. The molecule has 0 spiro atoms. The maximum absolute atomic E-state index is 12.8. The van der Waals surface area contributed by atoms with E-state index in [0.29, 0.717) is 56.1 Å². The van der Waals surface area contributed by atoms with E-state index in [4.69, 9.17) is 4.74 Å². The molecule has 140 valence electrons. The van der Waals surface area contributed by atoms with E-state index in [1.165, 1.54) is 0 Å². The summed E-state index contributed by atoms with van der Waals surface area (Å²) in [6, 6.07) is 16.5. The highest BCUT2D eigenvalue weighted by Crippen LogP contribution is 2.37. The van der Waals surface area contributed by atoms with Crippen LogP contribution in [0.15, 0.2) is 54.6 Å². The highest BCUT2D eigenvalue weighted by Gasteiger charge is 2.50. The number of nitrogens with zero attached hydrogens (tertiary/aromatic N) is 2. The number of amides is 2. The minimum Gasteiger partial charge on any atom is -0.457 e. The van der Waals surface area contributed by atoms with Gasteiger partial charge in [-0.2, -0.15) is 0 Å². The van der Waals surface area contributed by atoms with E-state index in [-0.39, 0.29) is 11.8 Å².